The summed E-state index contributed by atoms with van der Waals surface area (Å²) in [6.07, 6.45) is -0.184. The van der Waals surface area contributed by atoms with Gasteiger partial charge in [-0.3, -0.25) is 0 Å². The number of rotatable bonds is 3. The van der Waals surface area contributed by atoms with Gasteiger partial charge >= 0.3 is 0 Å². The highest BCUT2D eigenvalue weighted by molar-refractivity contribution is 5.55. The van der Waals surface area contributed by atoms with Crippen LogP contribution in [0.5, 0.6) is 0 Å². The minimum Gasteiger partial charge on any atom is -0.394 e. The number of hydrogen-bond donors (Lipinski definition) is 2. The van der Waals surface area contributed by atoms with Gasteiger partial charge in [-0.05, 0) is 26.8 Å². The lowest BCUT2D eigenvalue weighted by atomic mass is 10.0. The summed E-state index contributed by atoms with van der Waals surface area (Å²) < 4.78 is 5.82. The van der Waals surface area contributed by atoms with E-state index in [9.17, 15) is 10.2 Å². The molecule has 0 radical (unpaired) electrons. The van der Waals surface area contributed by atoms with Gasteiger partial charge in [0, 0.05) is 24.3 Å². The molecule has 19 heavy (non-hydrogen) atoms. The molecule has 1 saturated heterocycles. The molecule has 1 unspecified atom stereocenters. The lowest BCUT2D eigenvalue weighted by Gasteiger charge is -2.44. The number of benzene rings is 1. The summed E-state index contributed by atoms with van der Waals surface area (Å²) in [6.45, 7) is 7.50. The maximum absolute atomic E-state index is 9.52. The summed E-state index contributed by atoms with van der Waals surface area (Å²) in [5, 5.41) is 18.9. The molecular weight excluding hydrogens is 242 g/mol. The van der Waals surface area contributed by atoms with Crippen LogP contribution in [0.25, 0.3) is 0 Å². The van der Waals surface area contributed by atoms with Gasteiger partial charge in [-0.15, -0.1) is 0 Å². The molecule has 1 aromatic carbocycles. The van der Waals surface area contributed by atoms with Crippen LogP contribution in [0.4, 0.5) is 5.69 Å². The van der Waals surface area contributed by atoms with Gasteiger partial charge in [0.1, 0.15) is 0 Å². The Labute approximate surface area is 114 Å². The predicted octanol–water partition coefficient (Wildman–Crippen LogP) is 1.46. The van der Waals surface area contributed by atoms with Crippen LogP contribution >= 0.6 is 0 Å². The Kier molecular flexibility index (Phi) is 4.13. The molecule has 4 nitrogen and oxygen atoms in total. The average Bonchev–Trinajstić information content (AvgIpc) is 2.36. The molecule has 0 aromatic heterocycles. The monoisotopic (exact) mass is 265 g/mol. The van der Waals surface area contributed by atoms with Crippen LogP contribution < -0.4 is 4.90 Å². The standard InChI is InChI=1S/C15H23NO3/c1-11-4-5-14(12(6-11)8-17)16-7-13(9-18)19-15(2,3)10-16/h4-6,13,17-18H,7-10H2,1-3H3. The molecule has 0 spiro atoms. The van der Waals surface area contributed by atoms with Crippen molar-refractivity contribution < 1.29 is 14.9 Å². The van der Waals surface area contributed by atoms with Crippen LogP contribution in [-0.2, 0) is 11.3 Å². The molecule has 2 rings (SSSR count). The zero-order chi connectivity index (χ0) is 14.0. The number of hydrogen-bond acceptors (Lipinski definition) is 4. The third-order valence-electron chi connectivity index (χ3n) is 3.43. The van der Waals surface area contributed by atoms with Gasteiger partial charge in [0.2, 0.25) is 0 Å². The molecule has 2 N–H and O–H groups in total. The number of aryl methyl sites for hydroxylation is 1. The van der Waals surface area contributed by atoms with Crippen LogP contribution in [-0.4, -0.2) is 41.6 Å². The second kappa shape index (κ2) is 5.49. The predicted molar refractivity (Wildman–Crippen MR) is 75.4 cm³/mol. The van der Waals surface area contributed by atoms with Crippen molar-refractivity contribution in [1.82, 2.24) is 0 Å². The van der Waals surface area contributed by atoms with Crippen molar-refractivity contribution in [1.29, 1.82) is 0 Å². The van der Waals surface area contributed by atoms with Crippen LogP contribution in [0.1, 0.15) is 25.0 Å². The zero-order valence-corrected chi connectivity index (χ0v) is 11.9. The number of aliphatic hydroxyl groups is 2. The molecular formula is C15H23NO3. The SMILES string of the molecule is Cc1ccc(N2CC(CO)OC(C)(C)C2)c(CO)c1. The minimum absolute atomic E-state index is 0.0141. The average molecular weight is 265 g/mol. The summed E-state index contributed by atoms with van der Waals surface area (Å²) in [4.78, 5) is 2.19. The summed E-state index contributed by atoms with van der Waals surface area (Å²) in [7, 11) is 0. The van der Waals surface area contributed by atoms with Crippen molar-refractivity contribution in [2.75, 3.05) is 24.6 Å². The molecule has 1 aromatic rings. The maximum Gasteiger partial charge on any atom is 0.0988 e. The van der Waals surface area contributed by atoms with E-state index < -0.39 is 0 Å². The van der Waals surface area contributed by atoms with E-state index in [-0.39, 0.29) is 24.9 Å². The lowest BCUT2D eigenvalue weighted by Crippen LogP contribution is -2.54. The van der Waals surface area contributed by atoms with E-state index in [0.717, 1.165) is 23.4 Å². The van der Waals surface area contributed by atoms with Gasteiger partial charge in [-0.25, -0.2) is 0 Å². The Balaban J connectivity index is 2.30. The van der Waals surface area contributed by atoms with Gasteiger partial charge in [0.05, 0.1) is 24.9 Å². The van der Waals surface area contributed by atoms with Crippen LogP contribution in [0, 0.1) is 6.92 Å². The Morgan fingerprint density at radius 1 is 1.37 bits per heavy atom. The highest BCUT2D eigenvalue weighted by Crippen LogP contribution is 2.29. The van der Waals surface area contributed by atoms with Crippen molar-refractivity contribution in [3.8, 4) is 0 Å². The molecule has 1 heterocycles. The van der Waals surface area contributed by atoms with Crippen molar-refractivity contribution in [3.63, 3.8) is 0 Å². The number of morpholine rings is 1. The fourth-order valence-corrected chi connectivity index (χ4v) is 2.72. The summed E-state index contributed by atoms with van der Waals surface area (Å²) >= 11 is 0. The van der Waals surface area contributed by atoms with Gasteiger partial charge < -0.3 is 19.8 Å². The summed E-state index contributed by atoms with van der Waals surface area (Å²) in [5.41, 5.74) is 2.79. The third kappa shape index (κ3) is 3.26. The second-order valence-corrected chi connectivity index (χ2v) is 5.85. The zero-order valence-electron chi connectivity index (χ0n) is 11.9. The number of aliphatic hydroxyl groups excluding tert-OH is 2. The Bertz CT molecular complexity index is 445. The number of nitrogens with zero attached hydrogens (tertiary/aromatic N) is 1. The third-order valence-corrected chi connectivity index (χ3v) is 3.43. The number of ether oxygens (including phenoxy) is 1. The molecule has 1 aliphatic rings. The van der Waals surface area contributed by atoms with E-state index in [1.165, 1.54) is 0 Å². The Morgan fingerprint density at radius 2 is 2.11 bits per heavy atom. The highest BCUT2D eigenvalue weighted by Gasteiger charge is 2.33. The normalized spacial score (nSPS) is 22.6. The molecule has 1 aliphatic heterocycles. The van der Waals surface area contributed by atoms with E-state index in [0.29, 0.717) is 6.54 Å². The topological polar surface area (TPSA) is 52.9 Å². The smallest absolute Gasteiger partial charge is 0.0988 e. The van der Waals surface area contributed by atoms with Crippen molar-refractivity contribution in [2.24, 2.45) is 0 Å². The van der Waals surface area contributed by atoms with E-state index >= 15 is 0 Å². The molecule has 1 atom stereocenters. The van der Waals surface area contributed by atoms with Gasteiger partial charge in [-0.2, -0.15) is 0 Å². The summed E-state index contributed by atoms with van der Waals surface area (Å²) in [6, 6.07) is 6.09. The maximum atomic E-state index is 9.52. The highest BCUT2D eigenvalue weighted by atomic mass is 16.5. The van der Waals surface area contributed by atoms with Crippen molar-refractivity contribution in [3.05, 3.63) is 29.3 Å². The molecule has 1 fully saturated rings. The van der Waals surface area contributed by atoms with E-state index in [1.807, 2.05) is 39.0 Å². The molecule has 0 bridgehead atoms. The van der Waals surface area contributed by atoms with Crippen molar-refractivity contribution in [2.45, 2.75) is 39.1 Å². The quantitative estimate of drug-likeness (QED) is 0.869. The van der Waals surface area contributed by atoms with E-state index in [4.69, 9.17) is 4.74 Å². The van der Waals surface area contributed by atoms with Crippen LogP contribution in [0.15, 0.2) is 18.2 Å². The molecule has 0 amide bonds. The fourth-order valence-electron chi connectivity index (χ4n) is 2.72. The molecule has 0 aliphatic carbocycles. The van der Waals surface area contributed by atoms with Crippen molar-refractivity contribution >= 4 is 5.69 Å². The molecule has 106 valence electrons. The largest absolute Gasteiger partial charge is 0.394 e. The summed E-state index contributed by atoms with van der Waals surface area (Å²) in [5.74, 6) is 0. The molecule has 4 heteroatoms. The Hall–Kier alpha value is -1.10. The first kappa shape index (κ1) is 14.3. The Morgan fingerprint density at radius 3 is 2.74 bits per heavy atom. The molecule has 0 saturated carbocycles. The first-order chi connectivity index (χ1) is 8.95. The van der Waals surface area contributed by atoms with Gasteiger partial charge in [-0.1, -0.05) is 17.7 Å². The first-order valence-electron chi connectivity index (χ1n) is 6.69. The van der Waals surface area contributed by atoms with Gasteiger partial charge in [0.25, 0.3) is 0 Å². The lowest BCUT2D eigenvalue weighted by molar-refractivity contribution is -0.101. The van der Waals surface area contributed by atoms with Gasteiger partial charge in [0.15, 0.2) is 0 Å². The number of anilines is 1. The van der Waals surface area contributed by atoms with E-state index in [1.54, 1.807) is 0 Å². The van der Waals surface area contributed by atoms with Crippen LogP contribution in [0.2, 0.25) is 0 Å². The second-order valence-electron chi connectivity index (χ2n) is 5.85. The fraction of sp³-hybridized carbons (Fsp3) is 0.600. The van der Waals surface area contributed by atoms with Crippen LogP contribution in [0.3, 0.4) is 0 Å². The van der Waals surface area contributed by atoms with E-state index in [2.05, 4.69) is 4.90 Å². The minimum atomic E-state index is -0.302. The first-order valence-corrected chi connectivity index (χ1v) is 6.69.